The summed E-state index contributed by atoms with van der Waals surface area (Å²) in [5.74, 6) is 1.39. The monoisotopic (exact) mass is 1530 g/mol. The highest BCUT2D eigenvalue weighted by Gasteiger charge is 2.21. The van der Waals surface area contributed by atoms with Crippen molar-refractivity contribution in [3.63, 3.8) is 0 Å². The van der Waals surface area contributed by atoms with E-state index >= 15 is 0 Å². The van der Waals surface area contributed by atoms with Crippen molar-refractivity contribution in [3.8, 4) is 157 Å². The van der Waals surface area contributed by atoms with Gasteiger partial charge in [0.15, 0.2) is 11.6 Å². The summed E-state index contributed by atoms with van der Waals surface area (Å²) in [5, 5.41) is 11.7. The summed E-state index contributed by atoms with van der Waals surface area (Å²) in [7, 11) is 0. The van der Waals surface area contributed by atoms with Crippen LogP contribution in [-0.2, 0) is 0 Å². The SMILES string of the molecule is c1ccc(-c2cc(-c3ccccc3)cc(-c3cc(-c4ccc(-c5ccc6c(c5)nc(-c5ccccc5)c5cccc(-c7ccccc7)c56)cc4)nc(-c4ccccc4)n3)c2)cc1.c1ccc(-c2nc3cc(-c4ccc(-c5cc(-c6ccc7ccccc7c6)nc(-c6ccc7ccccc7c6)n5)cc4)ccc3c3c(-c4ccccc4)cccc23)cc1. The molecule has 0 unspecified atom stereocenters. The van der Waals surface area contributed by atoms with E-state index in [2.05, 4.69) is 431 Å². The van der Waals surface area contributed by atoms with E-state index in [1.165, 1.54) is 49.2 Å². The number of rotatable bonds is 14. The van der Waals surface area contributed by atoms with E-state index in [-0.39, 0.29) is 0 Å². The minimum absolute atomic E-state index is 0.686. The fourth-order valence-corrected chi connectivity index (χ4v) is 16.9. The van der Waals surface area contributed by atoms with E-state index in [1.54, 1.807) is 0 Å². The van der Waals surface area contributed by atoms with Gasteiger partial charge in [-0.25, -0.2) is 29.9 Å². The normalized spacial score (nSPS) is 11.3. The van der Waals surface area contributed by atoms with Gasteiger partial charge in [0, 0.05) is 76.8 Å². The Balaban J connectivity index is 0.000000149. The van der Waals surface area contributed by atoms with Crippen LogP contribution in [0.5, 0.6) is 0 Å². The maximum Gasteiger partial charge on any atom is 0.160 e. The Kier molecular flexibility index (Phi) is 18.9. The van der Waals surface area contributed by atoms with Crippen LogP contribution in [0.15, 0.2) is 449 Å². The Hall–Kier alpha value is -16.0. The molecular weight excluding hydrogens is 1450 g/mol. The largest absolute Gasteiger partial charge is 0.247 e. The number of hydrogen-bond donors (Lipinski definition) is 0. The molecule has 0 aliphatic rings. The molecule has 120 heavy (non-hydrogen) atoms. The first-order valence-corrected chi connectivity index (χ1v) is 40.7. The molecule has 0 bridgehead atoms. The molecule has 0 N–H and O–H groups in total. The lowest BCUT2D eigenvalue weighted by atomic mass is 9.92. The molecule has 0 saturated heterocycles. The molecule has 6 nitrogen and oxygen atoms in total. The zero-order chi connectivity index (χ0) is 79.7. The Morgan fingerprint density at radius 2 is 0.433 bits per heavy atom. The highest BCUT2D eigenvalue weighted by Crippen LogP contribution is 2.44. The smallest absolute Gasteiger partial charge is 0.160 e. The average Bonchev–Trinajstić information content (AvgIpc) is 0.743. The molecule has 0 aliphatic carbocycles. The minimum Gasteiger partial charge on any atom is -0.247 e. The van der Waals surface area contributed by atoms with Gasteiger partial charge in [0.05, 0.1) is 45.2 Å². The molecular formula is C114H74N6. The molecule has 0 spiro atoms. The summed E-state index contributed by atoms with van der Waals surface area (Å²) < 4.78 is 0. The lowest BCUT2D eigenvalue weighted by molar-refractivity contribution is 1.18. The van der Waals surface area contributed by atoms with Gasteiger partial charge >= 0.3 is 0 Å². The van der Waals surface area contributed by atoms with E-state index in [0.717, 1.165) is 161 Å². The zero-order valence-electron chi connectivity index (χ0n) is 65.4. The quantitative estimate of drug-likeness (QED) is 0.101. The number of pyridine rings is 2. The van der Waals surface area contributed by atoms with Crippen molar-refractivity contribution in [1.29, 1.82) is 0 Å². The molecule has 6 heteroatoms. The maximum atomic E-state index is 5.37. The Labute approximate surface area is 696 Å². The maximum absolute atomic E-state index is 5.37. The summed E-state index contributed by atoms with van der Waals surface area (Å²) in [4.78, 5) is 31.5. The molecule has 22 aromatic rings. The van der Waals surface area contributed by atoms with Crippen molar-refractivity contribution >= 4 is 64.9 Å². The van der Waals surface area contributed by atoms with Gasteiger partial charge in [0.2, 0.25) is 0 Å². The van der Waals surface area contributed by atoms with E-state index in [0.29, 0.717) is 11.6 Å². The first-order valence-electron chi connectivity index (χ1n) is 40.7. The highest BCUT2D eigenvalue weighted by molar-refractivity contribution is 6.19. The number of aromatic nitrogens is 6. The predicted octanol–water partition coefficient (Wildman–Crippen LogP) is 30.0. The fraction of sp³-hybridized carbons (Fsp3) is 0. The molecule has 0 aliphatic heterocycles. The van der Waals surface area contributed by atoms with Crippen LogP contribution < -0.4 is 0 Å². The number of benzene rings is 18. The average molecular weight is 1530 g/mol. The molecule has 0 radical (unpaired) electrons. The van der Waals surface area contributed by atoms with Crippen molar-refractivity contribution in [3.05, 3.63) is 449 Å². The van der Waals surface area contributed by atoms with Gasteiger partial charge in [-0.15, -0.1) is 0 Å². The van der Waals surface area contributed by atoms with Crippen LogP contribution in [0.4, 0.5) is 0 Å². The first kappa shape index (κ1) is 71.7. The Morgan fingerprint density at radius 3 is 0.858 bits per heavy atom. The minimum atomic E-state index is 0.686. The van der Waals surface area contributed by atoms with Gasteiger partial charge in [0.25, 0.3) is 0 Å². The predicted molar refractivity (Wildman–Crippen MR) is 501 cm³/mol. The Morgan fingerprint density at radius 1 is 0.133 bits per heavy atom. The van der Waals surface area contributed by atoms with Crippen LogP contribution in [-0.4, -0.2) is 29.9 Å². The van der Waals surface area contributed by atoms with Gasteiger partial charge in [0.1, 0.15) is 0 Å². The molecule has 0 saturated carbocycles. The van der Waals surface area contributed by atoms with Gasteiger partial charge < -0.3 is 0 Å². The van der Waals surface area contributed by atoms with Gasteiger partial charge in [-0.1, -0.05) is 394 Å². The summed E-state index contributed by atoms with van der Waals surface area (Å²) in [6.07, 6.45) is 0. The second-order valence-corrected chi connectivity index (χ2v) is 30.4. The molecule has 0 fully saturated rings. The van der Waals surface area contributed by atoms with Gasteiger partial charge in [-0.2, -0.15) is 0 Å². The van der Waals surface area contributed by atoms with E-state index < -0.39 is 0 Å². The molecule has 560 valence electrons. The summed E-state index contributed by atoms with van der Waals surface area (Å²) in [6.45, 7) is 0. The number of nitrogens with zero attached hydrogens (tertiary/aromatic N) is 6. The fourth-order valence-electron chi connectivity index (χ4n) is 16.9. The molecule has 0 amide bonds. The number of fused-ring (bicyclic) bond motifs is 8. The topological polar surface area (TPSA) is 77.3 Å². The third kappa shape index (κ3) is 14.3. The van der Waals surface area contributed by atoms with Crippen molar-refractivity contribution in [2.24, 2.45) is 0 Å². The van der Waals surface area contributed by atoms with Gasteiger partial charge in [-0.3, -0.25) is 0 Å². The van der Waals surface area contributed by atoms with Crippen LogP contribution in [0, 0.1) is 0 Å². The summed E-state index contributed by atoms with van der Waals surface area (Å²) in [6, 6.07) is 159. The van der Waals surface area contributed by atoms with Crippen LogP contribution >= 0.6 is 0 Å². The molecule has 18 aromatic carbocycles. The van der Waals surface area contributed by atoms with Crippen LogP contribution in [0.25, 0.3) is 222 Å². The van der Waals surface area contributed by atoms with Crippen molar-refractivity contribution < 1.29 is 0 Å². The second-order valence-electron chi connectivity index (χ2n) is 30.4. The third-order valence-corrected chi connectivity index (χ3v) is 22.9. The zero-order valence-corrected chi connectivity index (χ0v) is 65.4. The van der Waals surface area contributed by atoms with Gasteiger partial charge in [-0.05, 0) is 143 Å². The lowest BCUT2D eigenvalue weighted by Gasteiger charge is -2.15. The first-order chi connectivity index (χ1) is 59.4. The van der Waals surface area contributed by atoms with Crippen LogP contribution in [0.3, 0.4) is 0 Å². The van der Waals surface area contributed by atoms with Crippen molar-refractivity contribution in [1.82, 2.24) is 29.9 Å². The van der Waals surface area contributed by atoms with Crippen LogP contribution in [0.1, 0.15) is 0 Å². The standard InChI is InChI=1S/C59H39N3.C55H35N3/c1-6-17-40(18-7-1)48-35-49(41-19-8-2-9-20-41)37-50(36-48)55-39-54(61-59(62-55)46-25-14-5-15-26-46)44-31-29-42(30-32-44)47-33-34-52-56(38-47)60-58(45-23-12-4-13-24-45)53-28-16-27-51(57(52)53)43-21-10-3-11-22-43;1-3-14-39(15-4-1)47-20-11-21-49-53(47)48-31-30-44(34-52(48)56-54(49)41-16-5-2-6-17-41)38-22-26-40(27-23-38)50-35-51(45-28-24-36-12-7-9-18-42(36)32-45)58-55(57-50)46-29-25-37-13-8-10-19-43(37)33-46/h1-39H;1-35H. The lowest BCUT2D eigenvalue weighted by Crippen LogP contribution is -1.96. The van der Waals surface area contributed by atoms with E-state index in [1.807, 2.05) is 18.2 Å². The van der Waals surface area contributed by atoms with Crippen LogP contribution in [0.2, 0.25) is 0 Å². The highest BCUT2D eigenvalue weighted by atomic mass is 14.9. The molecule has 4 aromatic heterocycles. The molecule has 22 rings (SSSR count). The molecule has 0 atom stereocenters. The number of hydrogen-bond acceptors (Lipinski definition) is 6. The summed E-state index contributed by atoms with van der Waals surface area (Å²) in [5.41, 5.74) is 29.5. The second kappa shape index (κ2) is 31.6. The summed E-state index contributed by atoms with van der Waals surface area (Å²) >= 11 is 0. The molecule has 4 heterocycles. The van der Waals surface area contributed by atoms with E-state index in [4.69, 9.17) is 29.9 Å². The Bertz CT molecular complexity index is 7420. The third-order valence-electron chi connectivity index (χ3n) is 22.9. The van der Waals surface area contributed by atoms with Crippen molar-refractivity contribution in [2.45, 2.75) is 0 Å². The van der Waals surface area contributed by atoms with Crippen molar-refractivity contribution in [2.75, 3.05) is 0 Å². The van der Waals surface area contributed by atoms with E-state index in [9.17, 15) is 0 Å².